The molecular weight excluding hydrogens is 441 g/mol. The van der Waals surface area contributed by atoms with Crippen molar-refractivity contribution in [3.8, 4) is 5.75 Å². The Morgan fingerprint density at radius 1 is 0.935 bits per heavy atom. The molecule has 162 valence electrons. The molecule has 1 atom stereocenters. The maximum absolute atomic E-state index is 13.7. The zero-order valence-corrected chi connectivity index (χ0v) is 18.5. The highest BCUT2D eigenvalue weighted by Crippen LogP contribution is 2.37. The average molecular weight is 463 g/mol. The summed E-state index contributed by atoms with van der Waals surface area (Å²) in [6.07, 6.45) is 0. The number of rotatable bonds is 5. The van der Waals surface area contributed by atoms with Crippen LogP contribution < -0.4 is 9.64 Å². The van der Waals surface area contributed by atoms with Crippen molar-refractivity contribution in [1.82, 2.24) is 4.90 Å². The largest absolute Gasteiger partial charge is 0.497 e. The Morgan fingerprint density at radius 3 is 2.39 bits per heavy atom. The number of anilines is 1. The Kier molecular flexibility index (Phi) is 6.65. The van der Waals surface area contributed by atoms with Crippen molar-refractivity contribution >= 4 is 28.9 Å². The topological polar surface area (TPSA) is 15.7 Å². The molecule has 1 fully saturated rings. The lowest BCUT2D eigenvalue weighted by molar-refractivity contribution is 0.215. The van der Waals surface area contributed by atoms with Gasteiger partial charge in [0.2, 0.25) is 0 Å². The minimum Gasteiger partial charge on any atom is -0.497 e. The number of ether oxygens (including phenoxy) is 1. The highest BCUT2D eigenvalue weighted by molar-refractivity contribution is 6.36. The number of hydrogen-bond acceptors (Lipinski definition) is 3. The van der Waals surface area contributed by atoms with Gasteiger partial charge in [0.15, 0.2) is 11.6 Å². The first-order valence-corrected chi connectivity index (χ1v) is 10.7. The zero-order chi connectivity index (χ0) is 22.0. The van der Waals surface area contributed by atoms with Crippen LogP contribution in [0.15, 0.2) is 60.7 Å². The number of methoxy groups -OCH3 is 1. The number of nitrogens with zero attached hydrogens (tertiary/aromatic N) is 2. The summed E-state index contributed by atoms with van der Waals surface area (Å²) in [5.74, 6) is -0.868. The van der Waals surface area contributed by atoms with Crippen LogP contribution in [0.1, 0.15) is 17.2 Å². The second-order valence-corrected chi connectivity index (χ2v) is 8.41. The van der Waals surface area contributed by atoms with Gasteiger partial charge in [0.05, 0.1) is 23.9 Å². The van der Waals surface area contributed by atoms with Crippen LogP contribution in [0.25, 0.3) is 0 Å². The molecule has 3 aromatic rings. The van der Waals surface area contributed by atoms with Gasteiger partial charge in [-0.1, -0.05) is 41.4 Å². The molecule has 0 saturated carbocycles. The molecule has 0 amide bonds. The van der Waals surface area contributed by atoms with Crippen molar-refractivity contribution in [3.63, 3.8) is 0 Å². The second-order valence-electron chi connectivity index (χ2n) is 7.56. The lowest BCUT2D eigenvalue weighted by Crippen LogP contribution is -2.48. The van der Waals surface area contributed by atoms with Gasteiger partial charge in [-0.2, -0.15) is 0 Å². The lowest BCUT2D eigenvalue weighted by atomic mass is 10.0. The molecule has 1 saturated heterocycles. The minimum absolute atomic E-state index is 0.0172. The predicted octanol–water partition coefficient (Wildman–Crippen LogP) is 6.34. The van der Waals surface area contributed by atoms with Crippen LogP contribution in [-0.4, -0.2) is 31.6 Å². The van der Waals surface area contributed by atoms with Crippen molar-refractivity contribution in [1.29, 1.82) is 0 Å². The summed E-state index contributed by atoms with van der Waals surface area (Å²) in [5.41, 5.74) is 2.77. The van der Waals surface area contributed by atoms with Gasteiger partial charge >= 0.3 is 0 Å². The van der Waals surface area contributed by atoms with Crippen molar-refractivity contribution in [2.24, 2.45) is 0 Å². The lowest BCUT2D eigenvalue weighted by Gasteiger charge is -2.43. The Morgan fingerprint density at radius 2 is 1.71 bits per heavy atom. The molecular formula is C24H22Cl2F2N2O. The van der Waals surface area contributed by atoms with E-state index in [4.69, 9.17) is 27.9 Å². The molecule has 1 unspecified atom stereocenters. The molecule has 4 rings (SSSR count). The van der Waals surface area contributed by atoms with E-state index in [0.29, 0.717) is 23.1 Å². The van der Waals surface area contributed by atoms with Crippen molar-refractivity contribution in [2.45, 2.75) is 12.6 Å². The summed E-state index contributed by atoms with van der Waals surface area (Å²) in [4.78, 5) is 4.50. The van der Waals surface area contributed by atoms with E-state index >= 15 is 0 Å². The minimum atomic E-state index is -0.831. The fraction of sp³-hybridized carbons (Fsp3) is 0.250. The third-order valence-electron chi connectivity index (χ3n) is 5.57. The number of benzene rings is 3. The van der Waals surface area contributed by atoms with E-state index in [1.54, 1.807) is 19.2 Å². The van der Waals surface area contributed by atoms with Crippen LogP contribution in [0.3, 0.4) is 0 Å². The molecule has 1 aliphatic heterocycles. The van der Waals surface area contributed by atoms with Gasteiger partial charge < -0.3 is 9.64 Å². The maximum atomic E-state index is 13.7. The van der Waals surface area contributed by atoms with Crippen LogP contribution in [0.5, 0.6) is 5.75 Å². The van der Waals surface area contributed by atoms with E-state index in [-0.39, 0.29) is 6.04 Å². The first kappa shape index (κ1) is 21.9. The van der Waals surface area contributed by atoms with Crippen molar-refractivity contribution in [3.05, 3.63) is 93.5 Å². The third-order valence-corrected chi connectivity index (χ3v) is 6.11. The fourth-order valence-electron chi connectivity index (χ4n) is 3.99. The van der Waals surface area contributed by atoms with Crippen molar-refractivity contribution < 1.29 is 13.5 Å². The molecule has 1 aliphatic rings. The molecule has 1 heterocycles. The summed E-state index contributed by atoms with van der Waals surface area (Å²) in [6.45, 7) is 2.71. The molecule has 3 aromatic carbocycles. The van der Waals surface area contributed by atoms with Crippen LogP contribution in [-0.2, 0) is 6.54 Å². The first-order valence-electron chi connectivity index (χ1n) is 9.96. The Bertz CT molecular complexity index is 1060. The SMILES string of the molecule is COc1ccc(C2CN(Cc3ccc(F)c(F)c3)CCN2c2ccc(Cl)cc2Cl)cc1. The van der Waals surface area contributed by atoms with Gasteiger partial charge in [-0.05, 0) is 53.6 Å². The van der Waals surface area contributed by atoms with E-state index in [2.05, 4.69) is 9.80 Å². The molecule has 31 heavy (non-hydrogen) atoms. The Balaban J connectivity index is 1.62. The predicted molar refractivity (Wildman–Crippen MR) is 121 cm³/mol. The van der Waals surface area contributed by atoms with Crippen LogP contribution in [0.2, 0.25) is 10.0 Å². The fourth-order valence-corrected chi connectivity index (χ4v) is 4.51. The number of piperazine rings is 1. The van der Waals surface area contributed by atoms with E-state index < -0.39 is 11.6 Å². The molecule has 0 N–H and O–H groups in total. The summed E-state index contributed by atoms with van der Waals surface area (Å²) in [7, 11) is 1.64. The second kappa shape index (κ2) is 9.43. The normalized spacial score (nSPS) is 17.1. The molecule has 3 nitrogen and oxygen atoms in total. The van der Waals surface area contributed by atoms with E-state index in [0.717, 1.165) is 35.7 Å². The van der Waals surface area contributed by atoms with Crippen LogP contribution in [0, 0.1) is 11.6 Å². The summed E-state index contributed by atoms with van der Waals surface area (Å²) >= 11 is 12.6. The number of halogens is 4. The summed E-state index contributed by atoms with van der Waals surface area (Å²) in [5, 5.41) is 1.19. The maximum Gasteiger partial charge on any atom is 0.159 e. The number of hydrogen-bond donors (Lipinski definition) is 0. The summed E-state index contributed by atoms with van der Waals surface area (Å²) < 4.78 is 32.3. The van der Waals surface area contributed by atoms with Gasteiger partial charge in [-0.25, -0.2) is 8.78 Å². The molecule has 0 aliphatic carbocycles. The zero-order valence-electron chi connectivity index (χ0n) is 17.0. The Hall–Kier alpha value is -2.34. The van der Waals surface area contributed by atoms with Crippen molar-refractivity contribution in [2.75, 3.05) is 31.6 Å². The van der Waals surface area contributed by atoms with E-state index in [1.807, 2.05) is 36.4 Å². The monoisotopic (exact) mass is 462 g/mol. The molecule has 7 heteroatoms. The highest BCUT2D eigenvalue weighted by atomic mass is 35.5. The molecule has 0 aromatic heterocycles. The molecule has 0 spiro atoms. The van der Waals surface area contributed by atoms with Gasteiger partial charge in [-0.3, -0.25) is 4.90 Å². The van der Waals surface area contributed by atoms with E-state index in [1.165, 1.54) is 12.1 Å². The van der Waals surface area contributed by atoms with Gasteiger partial charge in [-0.15, -0.1) is 0 Å². The summed E-state index contributed by atoms with van der Waals surface area (Å²) in [6, 6.07) is 17.6. The third kappa shape index (κ3) is 4.95. The smallest absolute Gasteiger partial charge is 0.159 e. The average Bonchev–Trinajstić information content (AvgIpc) is 2.77. The highest BCUT2D eigenvalue weighted by Gasteiger charge is 2.30. The quantitative estimate of drug-likeness (QED) is 0.439. The van der Waals surface area contributed by atoms with Gasteiger partial charge in [0, 0.05) is 31.2 Å². The molecule has 0 bridgehead atoms. The standard InChI is InChI=1S/C24H22Cl2F2N2O/c1-31-19-6-3-17(4-7-19)24-15-29(14-16-2-8-21(27)22(28)12-16)10-11-30(24)23-9-5-18(25)13-20(23)26/h2-9,12-13,24H,10-11,14-15H2,1H3. The first-order chi connectivity index (χ1) is 14.9. The van der Waals surface area contributed by atoms with E-state index in [9.17, 15) is 8.78 Å². The van der Waals surface area contributed by atoms with Crippen LogP contribution >= 0.6 is 23.2 Å². The van der Waals surface area contributed by atoms with Crippen LogP contribution in [0.4, 0.5) is 14.5 Å². The Labute approximate surface area is 190 Å². The van der Waals surface area contributed by atoms with Gasteiger partial charge in [0.1, 0.15) is 5.75 Å². The van der Waals surface area contributed by atoms with Gasteiger partial charge in [0.25, 0.3) is 0 Å². The molecule has 0 radical (unpaired) electrons.